The molecule has 0 bridgehead atoms. The summed E-state index contributed by atoms with van der Waals surface area (Å²) in [6, 6.07) is 39.8. The molecule has 5 heteroatoms. The second-order valence-electron chi connectivity index (χ2n) is 12.7. The Kier molecular flexibility index (Phi) is 7.33. The second-order valence-corrected chi connectivity index (χ2v) is 27.3. The molecule has 2 atom stereocenters. The molecule has 2 heterocycles. The molecule has 4 aliphatic rings. The van der Waals surface area contributed by atoms with Gasteiger partial charge in [0.05, 0.1) is 0 Å². The first-order chi connectivity index (χ1) is 18.1. The van der Waals surface area contributed by atoms with Crippen LogP contribution in [0.5, 0.6) is 0 Å². The number of hydrogen-bond acceptors (Lipinski definition) is 0. The number of fused-ring (bicyclic) bond motifs is 6. The molecule has 0 nitrogen and oxygen atoms in total. The maximum atomic E-state index is 2.72. The maximum absolute atomic E-state index is 2.72. The summed E-state index contributed by atoms with van der Waals surface area (Å²) in [5.41, 5.74) is 14.6. The van der Waals surface area contributed by atoms with Crippen molar-refractivity contribution in [3.05, 3.63) is 107 Å². The molecule has 4 aromatic rings. The molecule has 2 fully saturated rings. The van der Waals surface area contributed by atoms with Crippen molar-refractivity contribution in [3.63, 3.8) is 0 Å². The first-order valence-electron chi connectivity index (χ1n) is 14.3. The summed E-state index contributed by atoms with van der Waals surface area (Å²) in [7, 11) is -2.58. The predicted octanol–water partition coefficient (Wildman–Crippen LogP) is 2.00. The monoisotopic (exact) mass is 748 g/mol. The average Bonchev–Trinajstić information content (AvgIpc) is 3.41. The van der Waals surface area contributed by atoms with Crippen LogP contribution in [-0.2, 0) is 22.9 Å². The number of rotatable bonds is 4. The summed E-state index contributed by atoms with van der Waals surface area (Å²) < 4.78 is 3.59. The Morgan fingerprint density at radius 2 is 0.897 bits per heavy atom. The number of halogens is 2. The van der Waals surface area contributed by atoms with E-state index in [0.717, 1.165) is 11.1 Å². The molecule has 0 saturated carbocycles. The van der Waals surface area contributed by atoms with Gasteiger partial charge >= 0.3 is 236 Å². The minimum absolute atomic E-state index is 0. The van der Waals surface area contributed by atoms with Gasteiger partial charge in [0.15, 0.2) is 0 Å². The van der Waals surface area contributed by atoms with Crippen molar-refractivity contribution in [3.8, 4) is 22.3 Å². The van der Waals surface area contributed by atoms with Crippen molar-refractivity contribution in [1.82, 2.24) is 0 Å². The topological polar surface area (TPSA) is 0 Å². The van der Waals surface area contributed by atoms with Crippen molar-refractivity contribution < 1.29 is 47.7 Å². The Morgan fingerprint density at radius 3 is 1.28 bits per heavy atom. The fourth-order valence-corrected chi connectivity index (χ4v) is 22.8. The van der Waals surface area contributed by atoms with Crippen LogP contribution in [0.15, 0.2) is 84.9 Å². The van der Waals surface area contributed by atoms with Gasteiger partial charge in [-0.15, -0.1) is 0 Å². The van der Waals surface area contributed by atoms with E-state index in [9.17, 15) is 0 Å². The van der Waals surface area contributed by atoms with Gasteiger partial charge in [0.25, 0.3) is 0 Å². The van der Waals surface area contributed by atoms with Crippen molar-refractivity contribution in [2.45, 2.75) is 61.2 Å². The normalized spacial score (nSPS) is 21.9. The molecule has 0 N–H and O–H groups in total. The maximum Gasteiger partial charge on any atom is -1.00 e. The van der Waals surface area contributed by atoms with Crippen LogP contribution in [0.3, 0.4) is 0 Å². The Hall–Kier alpha value is -1.24. The average molecular weight is 748 g/mol. The van der Waals surface area contributed by atoms with Crippen molar-refractivity contribution in [1.29, 1.82) is 0 Å². The molecule has 2 unspecified atom stereocenters. The van der Waals surface area contributed by atoms with Crippen LogP contribution < -0.4 is 31.5 Å². The van der Waals surface area contributed by atoms with E-state index < -0.39 is 39.1 Å². The summed E-state index contributed by atoms with van der Waals surface area (Å²) in [4.78, 5) is 0. The molecule has 0 radical (unpaired) electrons. The summed E-state index contributed by atoms with van der Waals surface area (Å²) in [6.45, 7) is 5.43. The first-order valence-corrected chi connectivity index (χ1v) is 23.9. The van der Waals surface area contributed by atoms with E-state index in [-0.39, 0.29) is 24.8 Å². The Bertz CT molecular complexity index is 1460. The minimum Gasteiger partial charge on any atom is -1.00 e. The fraction of sp³-hybridized carbons (Fsp3) is 0.294. The molecule has 196 valence electrons. The SMILES string of the molecule is C[Si]1(C2c3ccccc3-c3ccc[c]([Hf+2][c]4cccc5c4C([Si]4(C)CCC4)c4ccccc4-5)c32)CCC1.[Cl-].[Cl-]. The van der Waals surface area contributed by atoms with E-state index in [2.05, 4.69) is 98.0 Å². The zero-order valence-corrected chi connectivity index (χ0v) is 29.8. The van der Waals surface area contributed by atoms with Crippen LogP contribution in [0.2, 0.25) is 37.3 Å². The zero-order valence-electron chi connectivity index (χ0n) is 22.7. The summed E-state index contributed by atoms with van der Waals surface area (Å²) >= 11 is -1.28. The third-order valence-electron chi connectivity index (χ3n) is 10.6. The van der Waals surface area contributed by atoms with Crippen molar-refractivity contribution in [2.75, 3.05) is 0 Å². The van der Waals surface area contributed by atoms with Crippen molar-refractivity contribution >= 4 is 22.8 Å². The van der Waals surface area contributed by atoms with Gasteiger partial charge in [-0.05, 0) is 0 Å². The Labute approximate surface area is 259 Å². The number of hydrogen-bond donors (Lipinski definition) is 0. The summed E-state index contributed by atoms with van der Waals surface area (Å²) in [5, 5.41) is 0. The van der Waals surface area contributed by atoms with Gasteiger partial charge in [0.1, 0.15) is 0 Å². The minimum atomic E-state index is -1.29. The predicted molar refractivity (Wildman–Crippen MR) is 158 cm³/mol. The van der Waals surface area contributed by atoms with Gasteiger partial charge in [0.2, 0.25) is 0 Å². The Balaban J connectivity index is 0.00000138. The molecular weight excluding hydrogens is 714 g/mol. The van der Waals surface area contributed by atoms with E-state index in [1.165, 1.54) is 37.0 Å². The fourth-order valence-electron chi connectivity index (χ4n) is 8.38. The van der Waals surface area contributed by atoms with Gasteiger partial charge in [-0.2, -0.15) is 0 Å². The third kappa shape index (κ3) is 4.05. The summed E-state index contributed by atoms with van der Waals surface area (Å²) in [5.74, 6) is 0. The molecular formula is C34H34Cl2HfSi2. The molecule has 2 saturated heterocycles. The number of benzene rings is 4. The molecule has 2 aliphatic carbocycles. The van der Waals surface area contributed by atoms with E-state index in [1.54, 1.807) is 51.1 Å². The largest absolute Gasteiger partial charge is 1.00 e. The van der Waals surface area contributed by atoms with Crippen LogP contribution in [-0.4, -0.2) is 16.1 Å². The van der Waals surface area contributed by atoms with Gasteiger partial charge in [-0.1, -0.05) is 0 Å². The van der Waals surface area contributed by atoms with Crippen LogP contribution in [0.1, 0.15) is 46.2 Å². The molecule has 39 heavy (non-hydrogen) atoms. The van der Waals surface area contributed by atoms with E-state index in [4.69, 9.17) is 0 Å². The molecule has 0 amide bonds. The van der Waals surface area contributed by atoms with Gasteiger partial charge in [0, 0.05) is 0 Å². The quantitative estimate of drug-likeness (QED) is 0.281. The standard InChI is InChI=1S/2C17H17Si.2ClH.Hf/c2*1-18(11-6-12-18)17-15-9-4-2-7-13(15)14-8-3-5-10-16(14)17;;;/h2*2-5,7-9,17H,6,11-12H2,1H3;2*1H;/q;;;;+2/p-2. The smallest absolute Gasteiger partial charge is 1.00 e. The molecule has 8 rings (SSSR count). The second kappa shape index (κ2) is 10.2. The zero-order chi connectivity index (χ0) is 24.8. The van der Waals surface area contributed by atoms with Crippen LogP contribution >= 0.6 is 0 Å². The van der Waals surface area contributed by atoms with Crippen molar-refractivity contribution in [2.24, 2.45) is 0 Å². The van der Waals surface area contributed by atoms with Gasteiger partial charge < -0.3 is 24.8 Å². The molecule has 2 aliphatic heterocycles. The molecule has 0 spiro atoms. The van der Waals surface area contributed by atoms with Crippen LogP contribution in [0.4, 0.5) is 0 Å². The van der Waals surface area contributed by atoms with Gasteiger partial charge in [-0.25, -0.2) is 0 Å². The van der Waals surface area contributed by atoms with E-state index >= 15 is 0 Å². The summed E-state index contributed by atoms with van der Waals surface area (Å²) in [6.07, 6.45) is 2.91. The Morgan fingerprint density at radius 1 is 0.513 bits per heavy atom. The van der Waals surface area contributed by atoms with Crippen LogP contribution in [0.25, 0.3) is 22.3 Å². The first kappa shape index (κ1) is 27.9. The third-order valence-corrected chi connectivity index (χ3v) is 25.6. The van der Waals surface area contributed by atoms with E-state index in [1.807, 2.05) is 0 Å². The molecule has 4 aromatic carbocycles. The van der Waals surface area contributed by atoms with Crippen LogP contribution in [0, 0.1) is 0 Å². The van der Waals surface area contributed by atoms with Gasteiger partial charge in [-0.3, -0.25) is 0 Å². The van der Waals surface area contributed by atoms with E-state index in [0.29, 0.717) is 0 Å². The molecule has 0 aromatic heterocycles.